The van der Waals surface area contributed by atoms with E-state index in [4.69, 9.17) is 9.47 Å². The summed E-state index contributed by atoms with van der Waals surface area (Å²) in [6, 6.07) is 5.23. The first-order valence-corrected chi connectivity index (χ1v) is 4.88. The van der Waals surface area contributed by atoms with E-state index in [-0.39, 0.29) is 5.78 Å². The first-order chi connectivity index (χ1) is 7.31. The van der Waals surface area contributed by atoms with Crippen LogP contribution >= 0.6 is 0 Å². The van der Waals surface area contributed by atoms with E-state index < -0.39 is 0 Å². The van der Waals surface area contributed by atoms with E-state index in [0.717, 1.165) is 0 Å². The molecular formula is C12H12O3. The Morgan fingerprint density at radius 3 is 2.73 bits per heavy atom. The van der Waals surface area contributed by atoms with Gasteiger partial charge in [-0.25, -0.2) is 0 Å². The van der Waals surface area contributed by atoms with Gasteiger partial charge >= 0.3 is 0 Å². The summed E-state index contributed by atoms with van der Waals surface area (Å²) in [6.07, 6.45) is 3.25. The quantitative estimate of drug-likeness (QED) is 0.547. The van der Waals surface area contributed by atoms with Crippen LogP contribution in [0, 0.1) is 0 Å². The molecule has 0 saturated heterocycles. The number of rotatable bonds is 2. The average molecular weight is 204 g/mol. The summed E-state index contributed by atoms with van der Waals surface area (Å²) in [5, 5.41) is 0. The summed E-state index contributed by atoms with van der Waals surface area (Å²) in [6.45, 7) is 2.92. The summed E-state index contributed by atoms with van der Waals surface area (Å²) in [5.41, 5.74) is 0.623. The molecule has 1 aliphatic heterocycles. The summed E-state index contributed by atoms with van der Waals surface area (Å²) < 4.78 is 10.8. The minimum atomic E-state index is -0.0190. The van der Waals surface area contributed by atoms with Crippen molar-refractivity contribution in [3.05, 3.63) is 35.9 Å². The molecule has 0 amide bonds. The minimum Gasteiger partial charge on any atom is -0.486 e. The van der Waals surface area contributed by atoms with Crippen molar-refractivity contribution < 1.29 is 14.3 Å². The molecule has 0 saturated carbocycles. The largest absolute Gasteiger partial charge is 0.486 e. The molecule has 1 heterocycles. The van der Waals surface area contributed by atoms with Crippen molar-refractivity contribution in [3.8, 4) is 11.5 Å². The lowest BCUT2D eigenvalue weighted by atomic mass is 10.1. The molecule has 78 valence electrons. The summed E-state index contributed by atoms with van der Waals surface area (Å²) in [4.78, 5) is 11.5. The van der Waals surface area contributed by atoms with Gasteiger partial charge in [-0.2, -0.15) is 0 Å². The van der Waals surface area contributed by atoms with E-state index in [1.807, 2.05) is 6.92 Å². The molecule has 0 radical (unpaired) electrons. The molecule has 2 rings (SSSR count). The van der Waals surface area contributed by atoms with E-state index in [1.54, 1.807) is 24.3 Å². The molecule has 3 nitrogen and oxygen atoms in total. The van der Waals surface area contributed by atoms with Crippen molar-refractivity contribution in [1.82, 2.24) is 0 Å². The number of ketones is 1. The van der Waals surface area contributed by atoms with Gasteiger partial charge < -0.3 is 9.47 Å². The number of hydrogen-bond donors (Lipinski definition) is 0. The first-order valence-electron chi connectivity index (χ1n) is 4.88. The Hall–Kier alpha value is -1.77. The van der Waals surface area contributed by atoms with Crippen LogP contribution in [0.25, 0.3) is 0 Å². The highest BCUT2D eigenvalue weighted by Gasteiger charge is 2.13. The molecule has 0 aliphatic carbocycles. The third-order valence-corrected chi connectivity index (χ3v) is 2.14. The fourth-order valence-corrected chi connectivity index (χ4v) is 1.44. The lowest BCUT2D eigenvalue weighted by molar-refractivity contribution is 0.104. The molecule has 0 atom stereocenters. The van der Waals surface area contributed by atoms with Crippen molar-refractivity contribution in [1.29, 1.82) is 0 Å². The maximum Gasteiger partial charge on any atom is 0.185 e. The second-order valence-electron chi connectivity index (χ2n) is 3.22. The number of fused-ring (bicyclic) bond motifs is 1. The van der Waals surface area contributed by atoms with Gasteiger partial charge in [0, 0.05) is 5.56 Å². The van der Waals surface area contributed by atoms with Crippen LogP contribution in [0.1, 0.15) is 17.3 Å². The zero-order valence-electron chi connectivity index (χ0n) is 8.53. The number of carbonyl (C=O) groups is 1. The Morgan fingerprint density at radius 2 is 2.00 bits per heavy atom. The van der Waals surface area contributed by atoms with Gasteiger partial charge in [-0.1, -0.05) is 6.08 Å². The van der Waals surface area contributed by atoms with Gasteiger partial charge in [-0.05, 0) is 31.2 Å². The maximum absolute atomic E-state index is 11.5. The van der Waals surface area contributed by atoms with Gasteiger partial charge in [0.05, 0.1) is 0 Å². The first kappa shape index (κ1) is 9.77. The zero-order chi connectivity index (χ0) is 10.7. The maximum atomic E-state index is 11.5. The van der Waals surface area contributed by atoms with Crippen LogP contribution in [0.4, 0.5) is 0 Å². The van der Waals surface area contributed by atoms with Crippen LogP contribution < -0.4 is 9.47 Å². The monoisotopic (exact) mass is 204 g/mol. The average Bonchev–Trinajstić information content (AvgIpc) is 2.29. The SMILES string of the molecule is CC=CC(=O)c1ccc2c(c1)OCCO2. The number of ether oxygens (including phenoxy) is 2. The van der Waals surface area contributed by atoms with E-state index in [2.05, 4.69) is 0 Å². The molecule has 0 unspecified atom stereocenters. The molecule has 1 aromatic rings. The van der Waals surface area contributed by atoms with Crippen LogP contribution in [-0.2, 0) is 0 Å². The molecule has 3 heteroatoms. The molecule has 0 fully saturated rings. The summed E-state index contributed by atoms with van der Waals surface area (Å²) in [7, 11) is 0. The molecule has 0 spiro atoms. The third kappa shape index (κ3) is 2.01. The highest BCUT2D eigenvalue weighted by Crippen LogP contribution is 2.30. The van der Waals surface area contributed by atoms with E-state index in [0.29, 0.717) is 30.3 Å². The molecule has 1 aromatic carbocycles. The highest BCUT2D eigenvalue weighted by atomic mass is 16.6. The van der Waals surface area contributed by atoms with E-state index in [1.165, 1.54) is 6.08 Å². The predicted octanol–water partition coefficient (Wildman–Crippen LogP) is 2.22. The molecule has 1 aliphatic rings. The van der Waals surface area contributed by atoms with Gasteiger partial charge in [-0.15, -0.1) is 0 Å². The van der Waals surface area contributed by atoms with Gasteiger partial charge in [0.15, 0.2) is 17.3 Å². The fourth-order valence-electron chi connectivity index (χ4n) is 1.44. The number of allylic oxidation sites excluding steroid dienone is 2. The molecule has 0 bridgehead atoms. The molecule has 15 heavy (non-hydrogen) atoms. The van der Waals surface area contributed by atoms with Crippen LogP contribution in [0.15, 0.2) is 30.4 Å². The highest BCUT2D eigenvalue weighted by molar-refractivity contribution is 6.04. The topological polar surface area (TPSA) is 35.5 Å². The van der Waals surface area contributed by atoms with E-state index >= 15 is 0 Å². The normalized spacial score (nSPS) is 14.2. The Labute approximate surface area is 88.3 Å². The van der Waals surface area contributed by atoms with Crippen LogP contribution in [0.5, 0.6) is 11.5 Å². The standard InChI is InChI=1S/C12H12O3/c1-2-3-10(13)9-4-5-11-12(8-9)15-7-6-14-11/h2-5,8H,6-7H2,1H3. The molecule has 0 aromatic heterocycles. The Bertz CT molecular complexity index is 407. The van der Waals surface area contributed by atoms with Crippen LogP contribution in [-0.4, -0.2) is 19.0 Å². The van der Waals surface area contributed by atoms with Gasteiger partial charge in [0.2, 0.25) is 0 Å². The second-order valence-corrected chi connectivity index (χ2v) is 3.22. The molecular weight excluding hydrogens is 192 g/mol. The third-order valence-electron chi connectivity index (χ3n) is 2.14. The van der Waals surface area contributed by atoms with Crippen LogP contribution in [0.2, 0.25) is 0 Å². The Kier molecular flexibility index (Phi) is 2.72. The molecule has 0 N–H and O–H groups in total. The zero-order valence-corrected chi connectivity index (χ0v) is 8.53. The van der Waals surface area contributed by atoms with Crippen molar-refractivity contribution in [2.24, 2.45) is 0 Å². The minimum absolute atomic E-state index is 0.0190. The van der Waals surface area contributed by atoms with Crippen LogP contribution in [0.3, 0.4) is 0 Å². The lowest BCUT2D eigenvalue weighted by Crippen LogP contribution is -2.15. The Morgan fingerprint density at radius 1 is 1.27 bits per heavy atom. The number of benzene rings is 1. The number of carbonyl (C=O) groups excluding carboxylic acids is 1. The van der Waals surface area contributed by atoms with Crippen molar-refractivity contribution in [3.63, 3.8) is 0 Å². The smallest absolute Gasteiger partial charge is 0.185 e. The van der Waals surface area contributed by atoms with Crippen molar-refractivity contribution in [2.45, 2.75) is 6.92 Å². The van der Waals surface area contributed by atoms with Gasteiger partial charge in [-0.3, -0.25) is 4.79 Å². The Balaban J connectivity index is 2.31. The number of hydrogen-bond acceptors (Lipinski definition) is 3. The van der Waals surface area contributed by atoms with Crippen molar-refractivity contribution >= 4 is 5.78 Å². The lowest BCUT2D eigenvalue weighted by Gasteiger charge is -2.18. The van der Waals surface area contributed by atoms with E-state index in [9.17, 15) is 4.79 Å². The summed E-state index contributed by atoms with van der Waals surface area (Å²) in [5.74, 6) is 1.34. The fraction of sp³-hybridized carbons (Fsp3) is 0.250. The van der Waals surface area contributed by atoms with Gasteiger partial charge in [0.25, 0.3) is 0 Å². The van der Waals surface area contributed by atoms with Crippen molar-refractivity contribution in [2.75, 3.05) is 13.2 Å². The predicted molar refractivity (Wildman–Crippen MR) is 56.6 cm³/mol. The van der Waals surface area contributed by atoms with Gasteiger partial charge in [0.1, 0.15) is 13.2 Å². The summed E-state index contributed by atoms with van der Waals surface area (Å²) >= 11 is 0. The second kappa shape index (κ2) is 4.17.